The average molecular weight is 275 g/mol. The molecule has 0 saturated carbocycles. The van der Waals surface area contributed by atoms with Crippen molar-refractivity contribution in [3.63, 3.8) is 0 Å². The van der Waals surface area contributed by atoms with Crippen LogP contribution in [0.15, 0.2) is 23.2 Å². The van der Waals surface area contributed by atoms with E-state index in [1.807, 2.05) is 26.8 Å². The second-order valence-corrected chi connectivity index (χ2v) is 5.47. The van der Waals surface area contributed by atoms with Crippen LogP contribution in [-0.4, -0.2) is 23.0 Å². The van der Waals surface area contributed by atoms with E-state index >= 15 is 0 Å². The number of phenolic OH excluding ortho intramolecular Hbond substituents is 1. The first-order chi connectivity index (χ1) is 9.40. The van der Waals surface area contributed by atoms with Crippen molar-refractivity contribution >= 4 is 18.0 Å². The molecular formula is C17H25NO2. The third-order valence-electron chi connectivity index (χ3n) is 3.50. The quantitative estimate of drug-likeness (QED) is 0.768. The summed E-state index contributed by atoms with van der Waals surface area (Å²) in [5, 5.41) is 20.1. The number of aromatic hydroxyl groups is 1. The molecule has 0 saturated heterocycles. The number of aliphatic hydroxyl groups excluding tert-OH is 1. The highest BCUT2D eigenvalue weighted by atomic mass is 16.3. The number of benzene rings is 1. The summed E-state index contributed by atoms with van der Waals surface area (Å²) in [5.74, 6) is 0.354. The van der Waals surface area contributed by atoms with Crippen molar-refractivity contribution in [2.75, 3.05) is 0 Å². The lowest BCUT2D eigenvalue weighted by atomic mass is 9.95. The summed E-state index contributed by atoms with van der Waals surface area (Å²) in [7, 11) is 0. The summed E-state index contributed by atoms with van der Waals surface area (Å²) in [4.78, 5) is 4.04. The van der Waals surface area contributed by atoms with Crippen molar-refractivity contribution in [1.82, 2.24) is 0 Å². The van der Waals surface area contributed by atoms with Gasteiger partial charge in [-0.15, -0.1) is 0 Å². The van der Waals surface area contributed by atoms with Gasteiger partial charge in [-0.3, -0.25) is 4.99 Å². The molecule has 0 heterocycles. The van der Waals surface area contributed by atoms with Crippen molar-refractivity contribution in [2.24, 2.45) is 10.9 Å². The Morgan fingerprint density at radius 1 is 1.40 bits per heavy atom. The Labute approximate surface area is 121 Å². The van der Waals surface area contributed by atoms with Crippen LogP contribution >= 0.6 is 0 Å². The second-order valence-electron chi connectivity index (χ2n) is 5.47. The highest BCUT2D eigenvalue weighted by Gasteiger charge is 2.15. The minimum atomic E-state index is -0.475. The maximum absolute atomic E-state index is 10.2. The fourth-order valence-electron chi connectivity index (χ4n) is 2.11. The normalized spacial score (nSPS) is 13.6. The Morgan fingerprint density at radius 3 is 2.55 bits per heavy atom. The van der Waals surface area contributed by atoms with Crippen LogP contribution < -0.4 is 0 Å². The van der Waals surface area contributed by atoms with Gasteiger partial charge in [-0.05, 0) is 49.2 Å². The molecule has 0 aliphatic carbocycles. The average Bonchev–Trinajstić information content (AvgIpc) is 2.40. The van der Waals surface area contributed by atoms with Gasteiger partial charge in [0.1, 0.15) is 5.75 Å². The predicted molar refractivity (Wildman–Crippen MR) is 85.8 cm³/mol. The molecule has 20 heavy (non-hydrogen) atoms. The number of phenols is 1. The lowest BCUT2D eigenvalue weighted by Crippen LogP contribution is -2.17. The van der Waals surface area contributed by atoms with Crippen molar-refractivity contribution in [3.05, 3.63) is 29.3 Å². The Balaban J connectivity index is 3.20. The molecule has 1 atom stereocenters. The molecule has 0 radical (unpaired) electrons. The van der Waals surface area contributed by atoms with Gasteiger partial charge in [-0.25, -0.2) is 0 Å². The fourth-order valence-corrected chi connectivity index (χ4v) is 2.11. The first-order valence-corrected chi connectivity index (χ1v) is 7.08. The molecule has 0 aromatic heterocycles. The SMILES string of the molecule is C=Nc1cc(CC(O)C(C)C)c(O)cc1/C(C)=C\CC. The molecule has 1 aromatic carbocycles. The van der Waals surface area contributed by atoms with Crippen LogP contribution in [-0.2, 0) is 6.42 Å². The monoisotopic (exact) mass is 275 g/mol. The Bertz CT molecular complexity index is 504. The Morgan fingerprint density at radius 2 is 2.05 bits per heavy atom. The molecule has 0 fully saturated rings. The summed E-state index contributed by atoms with van der Waals surface area (Å²) in [6, 6.07) is 3.53. The molecule has 110 valence electrons. The lowest BCUT2D eigenvalue weighted by Gasteiger charge is -2.17. The summed E-state index contributed by atoms with van der Waals surface area (Å²) in [6.45, 7) is 11.6. The third kappa shape index (κ3) is 3.94. The Hall–Kier alpha value is -1.61. The van der Waals surface area contributed by atoms with Crippen molar-refractivity contribution in [3.8, 4) is 5.75 Å². The molecule has 3 nitrogen and oxygen atoms in total. The standard InChI is InChI=1S/C17H25NO2/c1-6-7-12(4)14-10-17(20)13(8-15(14)18-5)9-16(19)11(2)3/h7-8,10-11,16,19-20H,5-6,9H2,1-4H3/b12-7-. The van der Waals surface area contributed by atoms with Gasteiger partial charge >= 0.3 is 0 Å². The highest BCUT2D eigenvalue weighted by Crippen LogP contribution is 2.34. The number of aliphatic hydroxyl groups is 1. The summed E-state index contributed by atoms with van der Waals surface area (Å²) in [6.07, 6.45) is 2.96. The van der Waals surface area contributed by atoms with Gasteiger partial charge in [0.25, 0.3) is 0 Å². The predicted octanol–water partition coefficient (Wildman–Crippen LogP) is 4.10. The van der Waals surface area contributed by atoms with E-state index in [2.05, 4.69) is 24.7 Å². The maximum atomic E-state index is 10.2. The molecule has 0 bridgehead atoms. The molecule has 0 spiro atoms. The van der Waals surface area contributed by atoms with Crippen LogP contribution in [0.4, 0.5) is 5.69 Å². The van der Waals surface area contributed by atoms with Gasteiger partial charge in [0.15, 0.2) is 0 Å². The number of hydrogen-bond donors (Lipinski definition) is 2. The molecule has 2 N–H and O–H groups in total. The fraction of sp³-hybridized carbons (Fsp3) is 0.471. The lowest BCUT2D eigenvalue weighted by molar-refractivity contribution is 0.125. The van der Waals surface area contributed by atoms with E-state index in [1.54, 1.807) is 6.07 Å². The molecule has 1 unspecified atom stereocenters. The molecule has 0 aliphatic heterocycles. The number of hydrogen-bond acceptors (Lipinski definition) is 3. The van der Waals surface area contributed by atoms with Crippen molar-refractivity contribution in [2.45, 2.75) is 46.6 Å². The largest absolute Gasteiger partial charge is 0.508 e. The molecular weight excluding hydrogens is 250 g/mol. The van der Waals surface area contributed by atoms with Gasteiger partial charge < -0.3 is 10.2 Å². The molecule has 3 heteroatoms. The van der Waals surface area contributed by atoms with Crippen LogP contribution in [0.5, 0.6) is 5.75 Å². The van der Waals surface area contributed by atoms with E-state index in [4.69, 9.17) is 0 Å². The van der Waals surface area contributed by atoms with Crippen molar-refractivity contribution in [1.29, 1.82) is 0 Å². The minimum Gasteiger partial charge on any atom is -0.508 e. The van der Waals surface area contributed by atoms with Gasteiger partial charge in [-0.2, -0.15) is 0 Å². The highest BCUT2D eigenvalue weighted by molar-refractivity contribution is 5.76. The first kappa shape index (κ1) is 16.4. The first-order valence-electron chi connectivity index (χ1n) is 7.08. The van der Waals surface area contributed by atoms with Crippen LogP contribution in [0.1, 0.15) is 45.2 Å². The number of allylic oxidation sites excluding steroid dienone is 2. The topological polar surface area (TPSA) is 52.8 Å². The van der Waals surface area contributed by atoms with Gasteiger partial charge in [0.05, 0.1) is 11.8 Å². The number of aliphatic imine (C=N–C) groups is 1. The zero-order chi connectivity index (χ0) is 15.3. The molecule has 0 aliphatic rings. The van der Waals surface area contributed by atoms with E-state index in [0.717, 1.165) is 23.2 Å². The van der Waals surface area contributed by atoms with Gasteiger partial charge in [-0.1, -0.05) is 26.8 Å². The zero-order valence-corrected chi connectivity index (χ0v) is 12.8. The van der Waals surface area contributed by atoms with E-state index < -0.39 is 6.10 Å². The zero-order valence-electron chi connectivity index (χ0n) is 12.8. The Kier molecular flexibility index (Phi) is 5.96. The van der Waals surface area contributed by atoms with E-state index in [9.17, 15) is 10.2 Å². The van der Waals surface area contributed by atoms with E-state index in [-0.39, 0.29) is 11.7 Å². The van der Waals surface area contributed by atoms with Crippen LogP contribution in [0.2, 0.25) is 0 Å². The molecule has 0 amide bonds. The van der Waals surface area contributed by atoms with Gasteiger partial charge in [0, 0.05) is 12.0 Å². The maximum Gasteiger partial charge on any atom is 0.119 e. The minimum absolute atomic E-state index is 0.149. The molecule has 1 aromatic rings. The number of rotatable bonds is 6. The van der Waals surface area contributed by atoms with Crippen LogP contribution in [0.3, 0.4) is 0 Å². The summed E-state index contributed by atoms with van der Waals surface area (Å²) in [5.41, 5.74) is 3.42. The molecule has 1 rings (SSSR count). The van der Waals surface area contributed by atoms with E-state index in [0.29, 0.717) is 12.0 Å². The van der Waals surface area contributed by atoms with Crippen molar-refractivity contribution < 1.29 is 10.2 Å². The second kappa shape index (κ2) is 7.25. The number of nitrogens with zero attached hydrogens (tertiary/aromatic N) is 1. The van der Waals surface area contributed by atoms with Crippen LogP contribution in [0, 0.1) is 5.92 Å². The van der Waals surface area contributed by atoms with Gasteiger partial charge in [0.2, 0.25) is 0 Å². The summed E-state index contributed by atoms with van der Waals surface area (Å²) >= 11 is 0. The van der Waals surface area contributed by atoms with Crippen LogP contribution in [0.25, 0.3) is 5.57 Å². The third-order valence-corrected chi connectivity index (χ3v) is 3.50. The summed E-state index contributed by atoms with van der Waals surface area (Å²) < 4.78 is 0. The smallest absolute Gasteiger partial charge is 0.119 e. The van der Waals surface area contributed by atoms with E-state index in [1.165, 1.54) is 0 Å².